The average molecular weight is 442 g/mol. The number of aromatic nitrogens is 4. The van der Waals surface area contributed by atoms with Gasteiger partial charge in [-0.3, -0.25) is 4.57 Å². The third kappa shape index (κ3) is 4.04. The van der Waals surface area contributed by atoms with Gasteiger partial charge in [0.05, 0.1) is 11.2 Å². The zero-order valence-electron chi connectivity index (χ0n) is 17.7. The third-order valence-electron chi connectivity index (χ3n) is 6.07. The Hall–Kier alpha value is -2.52. The van der Waals surface area contributed by atoms with Gasteiger partial charge >= 0.3 is 0 Å². The fourth-order valence-corrected chi connectivity index (χ4v) is 4.99. The summed E-state index contributed by atoms with van der Waals surface area (Å²) in [7, 11) is -3.26. The van der Waals surface area contributed by atoms with Gasteiger partial charge < -0.3 is 9.64 Å². The van der Waals surface area contributed by atoms with E-state index in [2.05, 4.69) is 9.88 Å². The lowest BCUT2D eigenvalue weighted by Gasteiger charge is -2.27. The maximum atomic E-state index is 11.9. The van der Waals surface area contributed by atoms with Crippen molar-refractivity contribution in [3.8, 4) is 11.3 Å². The first-order valence-electron chi connectivity index (χ1n) is 10.9. The highest BCUT2D eigenvalue weighted by Crippen LogP contribution is 2.32. The third-order valence-corrected chi connectivity index (χ3v) is 7.20. The van der Waals surface area contributed by atoms with Crippen LogP contribution < -0.4 is 4.90 Å². The number of sulfone groups is 1. The first-order valence-corrected chi connectivity index (χ1v) is 12.8. The summed E-state index contributed by atoms with van der Waals surface area (Å²) >= 11 is 0. The molecular formula is C22H27N5O3S. The van der Waals surface area contributed by atoms with Crippen LogP contribution in [0.25, 0.3) is 22.4 Å². The molecule has 3 aromatic rings. The molecule has 1 aromatic carbocycles. The van der Waals surface area contributed by atoms with Crippen LogP contribution in [-0.4, -0.2) is 53.9 Å². The summed E-state index contributed by atoms with van der Waals surface area (Å²) in [5, 5.41) is 0. The van der Waals surface area contributed by atoms with E-state index in [1.165, 1.54) is 12.7 Å². The van der Waals surface area contributed by atoms with E-state index in [0.29, 0.717) is 16.4 Å². The molecule has 0 radical (unpaired) electrons. The van der Waals surface area contributed by atoms with Crippen LogP contribution in [0.5, 0.6) is 0 Å². The Morgan fingerprint density at radius 1 is 1.00 bits per heavy atom. The van der Waals surface area contributed by atoms with Gasteiger partial charge in [0.15, 0.2) is 15.5 Å². The van der Waals surface area contributed by atoms with Crippen molar-refractivity contribution in [2.75, 3.05) is 30.9 Å². The Morgan fingerprint density at radius 2 is 1.77 bits per heavy atom. The van der Waals surface area contributed by atoms with Gasteiger partial charge in [-0.2, -0.15) is 4.98 Å². The summed E-state index contributed by atoms with van der Waals surface area (Å²) in [4.78, 5) is 17.0. The summed E-state index contributed by atoms with van der Waals surface area (Å²) in [5.74, 6) is 0.701. The number of piperidine rings is 1. The fourth-order valence-electron chi connectivity index (χ4n) is 4.36. The van der Waals surface area contributed by atoms with Crippen LogP contribution >= 0.6 is 0 Å². The van der Waals surface area contributed by atoms with Crippen molar-refractivity contribution in [3.05, 3.63) is 30.6 Å². The summed E-state index contributed by atoms with van der Waals surface area (Å²) in [6.45, 7) is 2.62. The molecule has 2 aliphatic heterocycles. The Morgan fingerprint density at radius 3 is 2.45 bits per heavy atom. The molecule has 4 heterocycles. The minimum atomic E-state index is -3.26. The highest BCUT2D eigenvalue weighted by atomic mass is 32.2. The number of nitrogens with zero attached hydrogens (tertiary/aromatic N) is 5. The van der Waals surface area contributed by atoms with E-state index >= 15 is 0 Å². The second-order valence-corrected chi connectivity index (χ2v) is 10.4. The van der Waals surface area contributed by atoms with Gasteiger partial charge in [-0.05, 0) is 50.7 Å². The summed E-state index contributed by atoms with van der Waals surface area (Å²) in [5.41, 5.74) is 3.03. The van der Waals surface area contributed by atoms with Gasteiger partial charge in [0.2, 0.25) is 5.95 Å². The summed E-state index contributed by atoms with van der Waals surface area (Å²) < 4.78 is 31.8. The van der Waals surface area contributed by atoms with Crippen molar-refractivity contribution in [1.82, 2.24) is 19.5 Å². The van der Waals surface area contributed by atoms with Crippen LogP contribution in [0.4, 0.5) is 5.95 Å². The Bertz CT molecular complexity index is 1180. The highest BCUT2D eigenvalue weighted by molar-refractivity contribution is 7.90. The highest BCUT2D eigenvalue weighted by Gasteiger charge is 2.24. The van der Waals surface area contributed by atoms with E-state index in [-0.39, 0.29) is 6.23 Å². The van der Waals surface area contributed by atoms with E-state index in [1.807, 2.05) is 4.57 Å². The monoisotopic (exact) mass is 441 g/mol. The topological polar surface area (TPSA) is 90.2 Å². The van der Waals surface area contributed by atoms with Gasteiger partial charge in [0.25, 0.3) is 0 Å². The maximum Gasteiger partial charge on any atom is 0.228 e. The molecule has 9 heteroatoms. The molecule has 5 rings (SSSR count). The zero-order valence-corrected chi connectivity index (χ0v) is 18.5. The molecule has 1 unspecified atom stereocenters. The molecule has 164 valence electrons. The van der Waals surface area contributed by atoms with Crippen molar-refractivity contribution in [1.29, 1.82) is 0 Å². The van der Waals surface area contributed by atoms with Crippen LogP contribution in [-0.2, 0) is 14.6 Å². The minimum absolute atomic E-state index is 0.0664. The lowest BCUT2D eigenvalue weighted by Crippen LogP contribution is -2.31. The SMILES string of the molecule is CS(=O)(=O)c1ccc(-c2nc(N3CCCCC3)nc3c2ncn3C2CCCCO2)cc1. The van der Waals surface area contributed by atoms with E-state index < -0.39 is 9.84 Å². The molecular weight excluding hydrogens is 414 g/mol. The normalized spacial score (nSPS) is 20.3. The van der Waals surface area contributed by atoms with Gasteiger partial charge in [-0.25, -0.2) is 18.4 Å². The van der Waals surface area contributed by atoms with Crippen LogP contribution in [0.3, 0.4) is 0 Å². The molecule has 2 saturated heterocycles. The zero-order chi connectivity index (χ0) is 21.4. The van der Waals surface area contributed by atoms with Gasteiger partial charge in [0.1, 0.15) is 17.4 Å². The molecule has 1 atom stereocenters. The molecule has 0 aliphatic carbocycles. The minimum Gasteiger partial charge on any atom is -0.358 e. The molecule has 0 bridgehead atoms. The number of rotatable bonds is 4. The number of fused-ring (bicyclic) bond motifs is 1. The predicted octanol–water partition coefficient (Wildman–Crippen LogP) is 3.59. The largest absolute Gasteiger partial charge is 0.358 e. The van der Waals surface area contributed by atoms with Crippen LogP contribution in [0.2, 0.25) is 0 Å². The molecule has 0 saturated carbocycles. The molecule has 0 N–H and O–H groups in total. The maximum absolute atomic E-state index is 11.9. The first-order chi connectivity index (χ1) is 15.0. The van der Waals surface area contributed by atoms with Crippen molar-refractivity contribution >= 4 is 26.9 Å². The molecule has 2 fully saturated rings. The van der Waals surface area contributed by atoms with Gasteiger partial charge in [-0.1, -0.05) is 12.1 Å². The second kappa shape index (κ2) is 8.20. The van der Waals surface area contributed by atoms with Crippen molar-refractivity contribution in [2.45, 2.75) is 49.6 Å². The molecule has 2 aromatic heterocycles. The van der Waals surface area contributed by atoms with Crippen molar-refractivity contribution in [3.63, 3.8) is 0 Å². The summed E-state index contributed by atoms with van der Waals surface area (Å²) in [6.07, 6.45) is 9.57. The van der Waals surface area contributed by atoms with Gasteiger partial charge in [0, 0.05) is 31.5 Å². The summed E-state index contributed by atoms with van der Waals surface area (Å²) in [6, 6.07) is 6.85. The Labute approximate surface area is 182 Å². The molecule has 31 heavy (non-hydrogen) atoms. The van der Waals surface area contributed by atoms with E-state index in [0.717, 1.165) is 68.7 Å². The number of hydrogen-bond acceptors (Lipinski definition) is 7. The number of hydrogen-bond donors (Lipinski definition) is 0. The van der Waals surface area contributed by atoms with Crippen LogP contribution in [0, 0.1) is 0 Å². The lowest BCUT2D eigenvalue weighted by atomic mass is 10.1. The van der Waals surface area contributed by atoms with Gasteiger partial charge in [-0.15, -0.1) is 0 Å². The quantitative estimate of drug-likeness (QED) is 0.611. The van der Waals surface area contributed by atoms with Crippen LogP contribution in [0.1, 0.15) is 44.8 Å². The molecule has 0 spiro atoms. The lowest BCUT2D eigenvalue weighted by molar-refractivity contribution is -0.0298. The van der Waals surface area contributed by atoms with E-state index in [9.17, 15) is 8.42 Å². The standard InChI is InChI=1S/C22H27N5O3S/c1-31(28,29)17-10-8-16(9-11-17)19-20-21(25-22(24-19)26-12-4-2-5-13-26)27(15-23-20)18-7-3-6-14-30-18/h8-11,15,18H,2-7,12-14H2,1H3. The molecule has 0 amide bonds. The smallest absolute Gasteiger partial charge is 0.228 e. The Balaban J connectivity index is 1.64. The molecule has 2 aliphatic rings. The number of anilines is 1. The van der Waals surface area contributed by atoms with Crippen molar-refractivity contribution < 1.29 is 13.2 Å². The van der Waals surface area contributed by atoms with Crippen LogP contribution in [0.15, 0.2) is 35.5 Å². The fraction of sp³-hybridized carbons (Fsp3) is 0.500. The Kier molecular flexibility index (Phi) is 5.39. The number of imidazole rings is 1. The average Bonchev–Trinajstić information content (AvgIpc) is 3.23. The van der Waals surface area contributed by atoms with Crippen molar-refractivity contribution in [2.24, 2.45) is 0 Å². The predicted molar refractivity (Wildman–Crippen MR) is 119 cm³/mol. The number of ether oxygens (including phenoxy) is 1. The second-order valence-electron chi connectivity index (χ2n) is 8.36. The number of benzene rings is 1. The molecule has 8 nitrogen and oxygen atoms in total. The first kappa shape index (κ1) is 20.4. The van der Waals surface area contributed by atoms with E-state index in [1.54, 1.807) is 30.6 Å². The van der Waals surface area contributed by atoms with E-state index in [4.69, 9.17) is 14.7 Å².